The number of imidazole rings is 1. The maximum absolute atomic E-state index is 10.3. The lowest BCUT2D eigenvalue weighted by molar-refractivity contribution is -0.139. The molecule has 0 aliphatic rings. The van der Waals surface area contributed by atoms with Crippen LogP contribution in [0.4, 0.5) is 0 Å². The van der Waals surface area contributed by atoms with Gasteiger partial charge in [-0.15, -0.1) is 12.4 Å². The smallest absolute Gasteiger partial charge is 0.320 e. The van der Waals surface area contributed by atoms with Crippen LogP contribution in [0.1, 0.15) is 25.0 Å². The molecule has 9 N–H and O–H groups in total. The second kappa shape index (κ2) is 13.0. The quantitative estimate of drug-likeness (QED) is 0.337. The van der Waals surface area contributed by atoms with Crippen molar-refractivity contribution in [3.05, 3.63) is 18.2 Å². The molecule has 128 valence electrons. The summed E-state index contributed by atoms with van der Waals surface area (Å²) in [5.41, 5.74) is 16.3. The first-order valence-electron chi connectivity index (χ1n) is 6.53. The van der Waals surface area contributed by atoms with E-state index in [1.54, 1.807) is 6.20 Å². The molecule has 0 saturated carbocycles. The number of aromatic nitrogens is 2. The molecule has 0 spiro atoms. The number of nitrogens with zero attached hydrogens (tertiary/aromatic N) is 1. The van der Waals surface area contributed by atoms with Crippen molar-refractivity contribution in [2.75, 3.05) is 6.54 Å². The van der Waals surface area contributed by atoms with E-state index in [2.05, 4.69) is 9.97 Å². The topological polar surface area (TPSA) is 181 Å². The first-order valence-corrected chi connectivity index (χ1v) is 6.53. The number of hydrogen-bond acceptors (Lipinski definition) is 6. The van der Waals surface area contributed by atoms with Crippen molar-refractivity contribution in [2.45, 2.75) is 37.8 Å². The SMILES string of the molecule is Cl.NCCCC[C@H](N)C(=O)O.N[C@@H](Cc1c[nH]cn1)C(=O)O. The van der Waals surface area contributed by atoms with Crippen LogP contribution in [0.25, 0.3) is 0 Å². The molecule has 0 radical (unpaired) electrons. The molecule has 2 atom stereocenters. The standard InChI is InChI=1S/C6H9N3O2.C6H14N2O2.ClH/c7-5(6(10)11)1-4-2-8-3-9-4;7-4-2-1-3-5(8)6(9)10;/h2-3,5H,1,7H2,(H,8,9)(H,10,11);5H,1-4,7-8H2,(H,9,10);1H/t2*5-;/m00./s1. The van der Waals surface area contributed by atoms with Crippen molar-refractivity contribution in [1.82, 2.24) is 9.97 Å². The molecule has 1 heterocycles. The molecule has 0 aromatic carbocycles. The molecule has 0 aliphatic carbocycles. The number of H-pyrrole nitrogens is 1. The number of rotatable bonds is 8. The van der Waals surface area contributed by atoms with Crippen LogP contribution in [0, 0.1) is 0 Å². The molecule has 0 aliphatic heterocycles. The van der Waals surface area contributed by atoms with E-state index in [0.717, 1.165) is 12.8 Å². The number of halogens is 1. The molecule has 0 fully saturated rings. The first-order chi connectivity index (χ1) is 9.88. The van der Waals surface area contributed by atoms with Gasteiger partial charge in [-0.3, -0.25) is 9.59 Å². The van der Waals surface area contributed by atoms with Crippen LogP contribution in [0.5, 0.6) is 0 Å². The normalized spacial score (nSPS) is 12.3. The molecule has 1 aromatic heterocycles. The number of carboxylic acid groups (broad SMARTS) is 2. The zero-order valence-electron chi connectivity index (χ0n) is 12.1. The number of unbranched alkanes of at least 4 members (excludes halogenated alkanes) is 1. The predicted molar refractivity (Wildman–Crippen MR) is 83.7 cm³/mol. The minimum absolute atomic E-state index is 0. The maximum Gasteiger partial charge on any atom is 0.320 e. The highest BCUT2D eigenvalue weighted by Gasteiger charge is 2.12. The second-order valence-corrected chi connectivity index (χ2v) is 4.44. The van der Waals surface area contributed by atoms with Crippen LogP contribution in [-0.2, 0) is 16.0 Å². The van der Waals surface area contributed by atoms with Gasteiger partial charge >= 0.3 is 11.9 Å². The van der Waals surface area contributed by atoms with Gasteiger partial charge in [-0.1, -0.05) is 6.42 Å². The van der Waals surface area contributed by atoms with Crippen LogP contribution in [0.2, 0.25) is 0 Å². The number of nitrogens with two attached hydrogens (primary N) is 3. The maximum atomic E-state index is 10.3. The van der Waals surface area contributed by atoms with E-state index < -0.39 is 24.0 Å². The van der Waals surface area contributed by atoms with Crippen molar-refractivity contribution in [2.24, 2.45) is 17.2 Å². The molecule has 0 unspecified atom stereocenters. The molecule has 1 aromatic rings. The molecule has 0 bridgehead atoms. The Bertz CT molecular complexity index is 416. The van der Waals surface area contributed by atoms with Gasteiger partial charge in [0.05, 0.1) is 12.0 Å². The largest absolute Gasteiger partial charge is 0.480 e. The average Bonchev–Trinajstić information content (AvgIpc) is 2.92. The molecule has 1 rings (SSSR count). The molecular formula is C12H24ClN5O4. The highest BCUT2D eigenvalue weighted by Crippen LogP contribution is 1.97. The third-order valence-corrected chi connectivity index (χ3v) is 2.59. The summed E-state index contributed by atoms with van der Waals surface area (Å²) in [6.45, 7) is 0.604. The van der Waals surface area contributed by atoms with Crippen molar-refractivity contribution in [3.63, 3.8) is 0 Å². The summed E-state index contributed by atoms with van der Waals surface area (Å²) < 4.78 is 0. The van der Waals surface area contributed by atoms with Gasteiger partial charge in [-0.25, -0.2) is 4.98 Å². The zero-order valence-corrected chi connectivity index (χ0v) is 13.0. The van der Waals surface area contributed by atoms with Crippen molar-refractivity contribution in [3.8, 4) is 0 Å². The van der Waals surface area contributed by atoms with Crippen LogP contribution in [0.15, 0.2) is 12.5 Å². The highest BCUT2D eigenvalue weighted by atomic mass is 35.5. The van der Waals surface area contributed by atoms with Crippen LogP contribution in [0.3, 0.4) is 0 Å². The van der Waals surface area contributed by atoms with Crippen LogP contribution < -0.4 is 17.2 Å². The van der Waals surface area contributed by atoms with Gasteiger partial charge in [-0.05, 0) is 19.4 Å². The van der Waals surface area contributed by atoms with E-state index in [1.165, 1.54) is 6.33 Å². The number of nitrogens with one attached hydrogen (secondary N) is 1. The molecule has 0 amide bonds. The highest BCUT2D eigenvalue weighted by molar-refractivity contribution is 5.85. The lowest BCUT2D eigenvalue weighted by atomic mass is 10.1. The van der Waals surface area contributed by atoms with Gasteiger partial charge < -0.3 is 32.4 Å². The Balaban J connectivity index is 0. The van der Waals surface area contributed by atoms with E-state index in [-0.39, 0.29) is 18.8 Å². The minimum atomic E-state index is -1.01. The van der Waals surface area contributed by atoms with E-state index in [0.29, 0.717) is 18.7 Å². The molecule has 0 saturated heterocycles. The van der Waals surface area contributed by atoms with E-state index in [1.807, 2.05) is 0 Å². The van der Waals surface area contributed by atoms with E-state index in [4.69, 9.17) is 27.4 Å². The van der Waals surface area contributed by atoms with Gasteiger partial charge in [-0.2, -0.15) is 0 Å². The molecular weight excluding hydrogens is 314 g/mol. The van der Waals surface area contributed by atoms with Crippen molar-refractivity contribution in [1.29, 1.82) is 0 Å². The fraction of sp³-hybridized carbons (Fsp3) is 0.583. The summed E-state index contributed by atoms with van der Waals surface area (Å²) in [7, 11) is 0. The fourth-order valence-electron chi connectivity index (χ4n) is 1.35. The number of carboxylic acids is 2. The van der Waals surface area contributed by atoms with Crippen LogP contribution >= 0.6 is 12.4 Å². The second-order valence-electron chi connectivity index (χ2n) is 4.44. The summed E-state index contributed by atoms with van der Waals surface area (Å²) in [5.74, 6) is -1.94. The van der Waals surface area contributed by atoms with Gasteiger partial charge in [0.15, 0.2) is 0 Å². The summed E-state index contributed by atoms with van der Waals surface area (Å²) >= 11 is 0. The Hall–Kier alpha value is -1.68. The van der Waals surface area contributed by atoms with Gasteiger partial charge in [0.1, 0.15) is 12.1 Å². The lowest BCUT2D eigenvalue weighted by Gasteiger charge is -2.03. The third-order valence-electron chi connectivity index (χ3n) is 2.59. The molecule has 22 heavy (non-hydrogen) atoms. The number of aromatic amines is 1. The molecule has 10 heteroatoms. The Morgan fingerprint density at radius 3 is 2.18 bits per heavy atom. The number of aliphatic carboxylic acids is 2. The number of hydrogen-bond donors (Lipinski definition) is 6. The summed E-state index contributed by atoms with van der Waals surface area (Å²) in [5, 5.41) is 16.7. The Labute approximate surface area is 134 Å². The summed E-state index contributed by atoms with van der Waals surface area (Å²) in [6.07, 6.45) is 5.54. The Morgan fingerprint density at radius 1 is 1.18 bits per heavy atom. The third kappa shape index (κ3) is 11.0. The fourth-order valence-corrected chi connectivity index (χ4v) is 1.35. The van der Waals surface area contributed by atoms with Crippen molar-refractivity contribution >= 4 is 24.3 Å². The monoisotopic (exact) mass is 337 g/mol. The zero-order chi connectivity index (χ0) is 16.3. The summed E-state index contributed by atoms with van der Waals surface area (Å²) in [6, 6.07) is -1.58. The Morgan fingerprint density at radius 2 is 1.77 bits per heavy atom. The van der Waals surface area contributed by atoms with E-state index >= 15 is 0 Å². The Kier molecular flexibility index (Phi) is 13.4. The molecule has 9 nitrogen and oxygen atoms in total. The first kappa shape index (κ1) is 22.6. The lowest BCUT2D eigenvalue weighted by Crippen LogP contribution is -2.32. The van der Waals surface area contributed by atoms with Crippen molar-refractivity contribution < 1.29 is 19.8 Å². The summed E-state index contributed by atoms with van der Waals surface area (Å²) in [4.78, 5) is 27.0. The van der Waals surface area contributed by atoms with Crippen LogP contribution in [-0.4, -0.2) is 50.7 Å². The number of carbonyl (C=O) groups is 2. The predicted octanol–water partition coefficient (Wildman–Crippen LogP) is -0.687. The van der Waals surface area contributed by atoms with E-state index in [9.17, 15) is 9.59 Å². The minimum Gasteiger partial charge on any atom is -0.480 e. The van der Waals surface area contributed by atoms with Gasteiger partial charge in [0.25, 0.3) is 0 Å². The van der Waals surface area contributed by atoms with Gasteiger partial charge in [0.2, 0.25) is 0 Å². The van der Waals surface area contributed by atoms with Gasteiger partial charge in [0, 0.05) is 12.6 Å². The average molecular weight is 338 g/mol.